The monoisotopic (exact) mass is 344 g/mol. The van der Waals surface area contributed by atoms with Gasteiger partial charge in [-0.3, -0.25) is 4.79 Å². The molecule has 0 fully saturated rings. The predicted molar refractivity (Wildman–Crippen MR) is 73.0 cm³/mol. The molecule has 23 heavy (non-hydrogen) atoms. The van der Waals surface area contributed by atoms with Crippen molar-refractivity contribution in [3.8, 4) is 0 Å². The van der Waals surface area contributed by atoms with Gasteiger partial charge < -0.3 is 5.11 Å². The van der Waals surface area contributed by atoms with E-state index in [1.807, 2.05) is 0 Å². The number of carboxylic acid groups (broad SMARTS) is 1. The summed E-state index contributed by atoms with van der Waals surface area (Å²) in [5.41, 5.74) is -4.12. The molecule has 8 heteroatoms. The second-order valence-corrected chi connectivity index (χ2v) is 5.92. The van der Waals surface area contributed by atoms with Crippen LogP contribution in [0, 0.1) is 5.41 Å². The second kappa shape index (κ2) is 6.80. The van der Waals surface area contributed by atoms with Gasteiger partial charge in [0, 0.05) is 0 Å². The van der Waals surface area contributed by atoms with Crippen LogP contribution in [-0.2, 0) is 10.2 Å². The Balaban J connectivity index is 0.000000438. The number of hydrogen-bond acceptors (Lipinski definition) is 1. The molecular weight excluding hydrogens is 326 g/mol. The zero-order chi connectivity index (χ0) is 18.7. The molecule has 0 aliphatic carbocycles. The highest BCUT2D eigenvalue weighted by atomic mass is 19.4. The summed E-state index contributed by atoms with van der Waals surface area (Å²) >= 11 is 0. The van der Waals surface area contributed by atoms with Crippen molar-refractivity contribution < 1.29 is 36.2 Å². The SMILES string of the molecule is CC(C)(C(=O)O)C(F)(F)F.CC(C)(c1ccccc1)C(F)(F)F. The van der Waals surface area contributed by atoms with E-state index in [1.54, 1.807) is 18.2 Å². The molecule has 0 aliphatic rings. The fraction of sp³-hybridized carbons (Fsp3) is 0.533. The molecule has 0 saturated carbocycles. The van der Waals surface area contributed by atoms with Crippen molar-refractivity contribution in [1.29, 1.82) is 0 Å². The summed E-state index contributed by atoms with van der Waals surface area (Å²) in [7, 11) is 0. The summed E-state index contributed by atoms with van der Waals surface area (Å²) in [6.07, 6.45) is -8.88. The second-order valence-electron chi connectivity index (χ2n) is 5.92. The van der Waals surface area contributed by atoms with E-state index in [0.717, 1.165) is 0 Å². The first kappa shape index (κ1) is 21.3. The maximum absolute atomic E-state index is 12.5. The lowest BCUT2D eigenvalue weighted by molar-refractivity contribution is -0.221. The number of aliphatic carboxylic acids is 1. The number of carbonyl (C=O) groups is 1. The van der Waals surface area contributed by atoms with Crippen molar-refractivity contribution in [1.82, 2.24) is 0 Å². The lowest BCUT2D eigenvalue weighted by Crippen LogP contribution is -2.39. The van der Waals surface area contributed by atoms with Crippen LogP contribution in [-0.4, -0.2) is 23.4 Å². The molecule has 0 aliphatic heterocycles. The Kier molecular flexibility index (Phi) is 6.29. The van der Waals surface area contributed by atoms with E-state index < -0.39 is 29.2 Å². The number of hydrogen-bond donors (Lipinski definition) is 1. The van der Waals surface area contributed by atoms with Gasteiger partial charge in [0.05, 0.1) is 5.41 Å². The Morgan fingerprint density at radius 3 is 1.43 bits per heavy atom. The average molecular weight is 344 g/mol. The van der Waals surface area contributed by atoms with Gasteiger partial charge in [-0.2, -0.15) is 26.3 Å². The van der Waals surface area contributed by atoms with Gasteiger partial charge in [0.15, 0.2) is 5.41 Å². The van der Waals surface area contributed by atoms with E-state index in [0.29, 0.717) is 19.4 Å². The normalized spacial score (nSPS) is 13.1. The van der Waals surface area contributed by atoms with Crippen molar-refractivity contribution >= 4 is 5.97 Å². The molecule has 1 rings (SSSR count). The summed E-state index contributed by atoms with van der Waals surface area (Å²) < 4.78 is 72.7. The minimum atomic E-state index is -4.68. The highest BCUT2D eigenvalue weighted by Gasteiger charge is 2.53. The third kappa shape index (κ3) is 5.14. The van der Waals surface area contributed by atoms with Crippen molar-refractivity contribution in [2.24, 2.45) is 5.41 Å². The zero-order valence-corrected chi connectivity index (χ0v) is 13.0. The van der Waals surface area contributed by atoms with E-state index in [2.05, 4.69) is 0 Å². The van der Waals surface area contributed by atoms with Crippen molar-refractivity contribution in [2.45, 2.75) is 45.5 Å². The fourth-order valence-corrected chi connectivity index (χ4v) is 1.14. The van der Waals surface area contributed by atoms with Crippen LogP contribution < -0.4 is 0 Å². The molecule has 1 aromatic rings. The van der Waals surface area contributed by atoms with E-state index in [9.17, 15) is 31.1 Å². The highest BCUT2D eigenvalue weighted by molar-refractivity contribution is 5.74. The Labute approximate surface area is 130 Å². The van der Waals surface area contributed by atoms with E-state index in [-0.39, 0.29) is 0 Å². The number of rotatable bonds is 2. The Morgan fingerprint density at radius 1 is 0.826 bits per heavy atom. The van der Waals surface area contributed by atoms with Crippen LogP contribution in [0.15, 0.2) is 30.3 Å². The van der Waals surface area contributed by atoms with Crippen LogP contribution >= 0.6 is 0 Å². The molecule has 0 atom stereocenters. The number of alkyl halides is 6. The summed E-state index contributed by atoms with van der Waals surface area (Å²) in [5.74, 6) is -1.86. The molecule has 0 unspecified atom stereocenters. The smallest absolute Gasteiger partial charge is 0.404 e. The molecule has 0 aromatic heterocycles. The molecule has 132 valence electrons. The molecule has 2 nitrogen and oxygen atoms in total. The van der Waals surface area contributed by atoms with Crippen molar-refractivity contribution in [3.63, 3.8) is 0 Å². The van der Waals surface area contributed by atoms with Gasteiger partial charge in [-0.25, -0.2) is 0 Å². The van der Waals surface area contributed by atoms with Crippen molar-refractivity contribution in [2.75, 3.05) is 0 Å². The van der Waals surface area contributed by atoms with E-state index >= 15 is 0 Å². The summed E-state index contributed by atoms with van der Waals surface area (Å²) in [5, 5.41) is 8.06. The highest BCUT2D eigenvalue weighted by Crippen LogP contribution is 2.40. The van der Waals surface area contributed by atoms with Crippen LogP contribution in [0.3, 0.4) is 0 Å². The average Bonchev–Trinajstić information content (AvgIpc) is 2.37. The molecular formula is C15H18F6O2. The quantitative estimate of drug-likeness (QED) is 0.750. The molecule has 0 radical (unpaired) electrons. The van der Waals surface area contributed by atoms with Gasteiger partial charge in [-0.15, -0.1) is 0 Å². The van der Waals surface area contributed by atoms with Crippen LogP contribution in [0.5, 0.6) is 0 Å². The van der Waals surface area contributed by atoms with Gasteiger partial charge in [0.25, 0.3) is 0 Å². The van der Waals surface area contributed by atoms with Crippen LogP contribution in [0.2, 0.25) is 0 Å². The lowest BCUT2D eigenvalue weighted by Gasteiger charge is -2.28. The zero-order valence-electron chi connectivity index (χ0n) is 13.0. The van der Waals surface area contributed by atoms with E-state index in [1.165, 1.54) is 26.0 Å². The maximum atomic E-state index is 12.5. The van der Waals surface area contributed by atoms with Gasteiger partial charge in [-0.1, -0.05) is 30.3 Å². The molecule has 0 saturated heterocycles. The first-order valence-electron chi connectivity index (χ1n) is 6.47. The Morgan fingerprint density at radius 2 is 1.22 bits per heavy atom. The topological polar surface area (TPSA) is 37.3 Å². The Hall–Kier alpha value is -1.73. The van der Waals surface area contributed by atoms with Crippen LogP contribution in [0.1, 0.15) is 33.3 Å². The molecule has 1 N–H and O–H groups in total. The summed E-state index contributed by atoms with van der Waals surface area (Å²) in [6.45, 7) is 3.61. The largest absolute Gasteiger partial charge is 0.481 e. The summed E-state index contributed by atoms with van der Waals surface area (Å²) in [6, 6.07) is 7.92. The molecule has 1 aromatic carbocycles. The summed E-state index contributed by atoms with van der Waals surface area (Å²) in [4.78, 5) is 9.95. The number of halogens is 6. The molecule has 0 heterocycles. The van der Waals surface area contributed by atoms with Gasteiger partial charge in [0.2, 0.25) is 0 Å². The maximum Gasteiger partial charge on any atom is 0.404 e. The number of carboxylic acids is 1. The van der Waals surface area contributed by atoms with Gasteiger partial charge in [-0.05, 0) is 33.3 Å². The minimum absolute atomic E-state index is 0.294. The molecule has 0 bridgehead atoms. The first-order chi connectivity index (χ1) is 10.0. The predicted octanol–water partition coefficient (Wildman–Crippen LogP) is 5.19. The standard InChI is InChI=1S/C10H11F3.C5H7F3O2/c1-9(2,10(11,12)13)8-6-4-3-5-7-8;1-4(2,3(9)10)5(6,7)8/h3-7H,1-2H3;1-2H3,(H,9,10). The molecule has 0 amide bonds. The van der Waals surface area contributed by atoms with E-state index in [4.69, 9.17) is 5.11 Å². The third-order valence-electron chi connectivity index (χ3n) is 3.45. The minimum Gasteiger partial charge on any atom is -0.481 e. The fourth-order valence-electron chi connectivity index (χ4n) is 1.14. The van der Waals surface area contributed by atoms with Crippen LogP contribution in [0.25, 0.3) is 0 Å². The Bertz CT molecular complexity index is 515. The first-order valence-corrected chi connectivity index (χ1v) is 6.47. The van der Waals surface area contributed by atoms with Crippen LogP contribution in [0.4, 0.5) is 26.3 Å². The van der Waals surface area contributed by atoms with Crippen molar-refractivity contribution in [3.05, 3.63) is 35.9 Å². The van der Waals surface area contributed by atoms with Gasteiger partial charge in [0.1, 0.15) is 0 Å². The lowest BCUT2D eigenvalue weighted by atomic mass is 9.84. The van der Waals surface area contributed by atoms with Gasteiger partial charge >= 0.3 is 18.3 Å². The number of benzene rings is 1. The third-order valence-corrected chi connectivity index (χ3v) is 3.45. The molecule has 0 spiro atoms.